The molecule has 2 saturated heterocycles. The summed E-state index contributed by atoms with van der Waals surface area (Å²) < 4.78 is 33.2. The van der Waals surface area contributed by atoms with Crippen LogP contribution in [0.1, 0.15) is 79.8 Å². The summed E-state index contributed by atoms with van der Waals surface area (Å²) in [4.78, 5) is 15.9. The monoisotopic (exact) mass is 596 g/mol. The van der Waals surface area contributed by atoms with Gasteiger partial charge in [0.2, 0.25) is 0 Å². The van der Waals surface area contributed by atoms with Crippen LogP contribution < -0.4 is 5.73 Å². The van der Waals surface area contributed by atoms with Gasteiger partial charge in [0.15, 0.2) is 0 Å². The normalized spacial score (nSPS) is 21.6. The van der Waals surface area contributed by atoms with E-state index in [4.69, 9.17) is 5.73 Å². The fourth-order valence-corrected chi connectivity index (χ4v) is 7.19. The van der Waals surface area contributed by atoms with Gasteiger partial charge in [0.1, 0.15) is 23.2 Å². The summed E-state index contributed by atoms with van der Waals surface area (Å²) in [5.74, 6) is -1.23. The van der Waals surface area contributed by atoms with Crippen molar-refractivity contribution < 1.29 is 18.7 Å². The molecular formula is C34H34F2N6O2. The molecule has 4 aromatic rings. The zero-order chi connectivity index (χ0) is 30.9. The van der Waals surface area contributed by atoms with Crippen molar-refractivity contribution in [3.8, 4) is 28.3 Å². The molecule has 2 bridgehead atoms. The van der Waals surface area contributed by atoms with E-state index in [1.165, 1.54) is 12.1 Å². The molecule has 3 aliphatic rings. The number of piperidine rings is 1. The third kappa shape index (κ3) is 4.94. The number of aromatic nitrogens is 3. The molecule has 1 aliphatic carbocycles. The number of carbonyl (C=O) groups is 1. The van der Waals surface area contributed by atoms with Gasteiger partial charge in [0.05, 0.1) is 23.2 Å². The predicted octanol–water partition coefficient (Wildman–Crippen LogP) is 5.66. The maximum Gasteiger partial charge on any atom is 0.254 e. The highest BCUT2D eigenvalue weighted by Crippen LogP contribution is 2.48. The van der Waals surface area contributed by atoms with Gasteiger partial charge in [-0.05, 0) is 105 Å². The van der Waals surface area contributed by atoms with Crippen molar-refractivity contribution in [3.63, 3.8) is 0 Å². The van der Waals surface area contributed by atoms with E-state index in [2.05, 4.69) is 10.3 Å². The Kier molecular flexibility index (Phi) is 6.79. The third-order valence-corrected chi connectivity index (χ3v) is 9.25. The maximum atomic E-state index is 16.7. The largest absolute Gasteiger partial charge is 0.389 e. The van der Waals surface area contributed by atoms with Crippen molar-refractivity contribution in [1.82, 2.24) is 19.9 Å². The highest BCUT2D eigenvalue weighted by molar-refractivity contribution is 5.99. The molecule has 2 aliphatic heterocycles. The lowest BCUT2D eigenvalue weighted by Gasteiger charge is -2.38. The molecule has 3 heterocycles. The van der Waals surface area contributed by atoms with Crippen LogP contribution in [0.2, 0.25) is 0 Å². The number of carbonyl (C=O) groups excluding carboxylic acids is 1. The second-order valence-corrected chi connectivity index (χ2v) is 13.2. The minimum absolute atomic E-state index is 0.00545. The second-order valence-electron chi connectivity index (χ2n) is 13.2. The van der Waals surface area contributed by atoms with Crippen molar-refractivity contribution in [2.24, 2.45) is 5.73 Å². The van der Waals surface area contributed by atoms with Gasteiger partial charge >= 0.3 is 0 Å². The van der Waals surface area contributed by atoms with Gasteiger partial charge in [-0.1, -0.05) is 17.3 Å². The van der Waals surface area contributed by atoms with Gasteiger partial charge in [-0.15, -0.1) is 5.10 Å². The summed E-state index contributed by atoms with van der Waals surface area (Å²) in [5, 5.41) is 28.4. The number of rotatable bonds is 6. The molecule has 3 N–H and O–H groups in total. The minimum Gasteiger partial charge on any atom is -0.389 e. The molecule has 0 spiro atoms. The van der Waals surface area contributed by atoms with E-state index in [0.29, 0.717) is 38.9 Å². The minimum atomic E-state index is -1.08. The smallest absolute Gasteiger partial charge is 0.254 e. The summed E-state index contributed by atoms with van der Waals surface area (Å²) >= 11 is 0. The molecule has 10 heteroatoms. The lowest BCUT2D eigenvalue weighted by molar-refractivity contribution is 0.0571. The number of hydrogen-bond acceptors (Lipinski definition) is 6. The fraction of sp³-hybridized carbons (Fsp3) is 0.412. The first kappa shape index (κ1) is 28.6. The Hall–Kier alpha value is -4.20. The van der Waals surface area contributed by atoms with E-state index in [9.17, 15) is 19.6 Å². The number of nitrogens with zero attached hydrogens (tertiary/aromatic N) is 5. The van der Waals surface area contributed by atoms with Crippen molar-refractivity contribution in [1.29, 1.82) is 5.26 Å². The van der Waals surface area contributed by atoms with Crippen LogP contribution in [0, 0.1) is 23.0 Å². The number of amides is 1. The maximum absolute atomic E-state index is 16.7. The highest BCUT2D eigenvalue weighted by atomic mass is 19.1. The number of nitrogens with two attached hydrogens (primary N) is 1. The number of aliphatic hydroxyl groups is 1. The molecule has 1 aromatic heterocycles. The van der Waals surface area contributed by atoms with Crippen molar-refractivity contribution in [2.75, 3.05) is 0 Å². The van der Waals surface area contributed by atoms with Gasteiger partial charge in [-0.3, -0.25) is 4.79 Å². The topological polar surface area (TPSA) is 121 Å². The molecule has 1 amide bonds. The summed E-state index contributed by atoms with van der Waals surface area (Å²) in [6.07, 6.45) is 5.01. The van der Waals surface area contributed by atoms with Crippen LogP contribution >= 0.6 is 0 Å². The van der Waals surface area contributed by atoms with Gasteiger partial charge in [-0.25, -0.2) is 13.5 Å². The van der Waals surface area contributed by atoms with Crippen LogP contribution in [-0.2, 0) is 6.54 Å². The molecular weight excluding hydrogens is 562 g/mol. The van der Waals surface area contributed by atoms with E-state index in [1.54, 1.807) is 48.9 Å². The van der Waals surface area contributed by atoms with Crippen LogP contribution in [-0.4, -0.2) is 54.6 Å². The Morgan fingerprint density at radius 1 is 1.05 bits per heavy atom. The zero-order valence-corrected chi connectivity index (χ0v) is 24.7. The lowest BCUT2D eigenvalue weighted by atomic mass is 9.89. The van der Waals surface area contributed by atoms with E-state index in [1.807, 2.05) is 11.0 Å². The van der Waals surface area contributed by atoms with E-state index >= 15 is 4.39 Å². The summed E-state index contributed by atoms with van der Waals surface area (Å²) in [6, 6.07) is 13.1. The zero-order valence-electron chi connectivity index (χ0n) is 24.7. The Labute approximate surface area is 254 Å². The molecule has 3 aromatic carbocycles. The van der Waals surface area contributed by atoms with Crippen molar-refractivity contribution in [2.45, 2.75) is 88.6 Å². The number of hydrogen-bond donors (Lipinski definition) is 2. The van der Waals surface area contributed by atoms with Gasteiger partial charge < -0.3 is 15.7 Å². The molecule has 44 heavy (non-hydrogen) atoms. The first-order valence-corrected chi connectivity index (χ1v) is 15.2. The van der Waals surface area contributed by atoms with E-state index < -0.39 is 17.2 Å². The van der Waals surface area contributed by atoms with Gasteiger partial charge in [-0.2, -0.15) is 5.26 Å². The number of benzene rings is 3. The molecule has 0 radical (unpaired) electrons. The molecule has 8 nitrogen and oxygen atoms in total. The van der Waals surface area contributed by atoms with Crippen LogP contribution in [0.5, 0.6) is 0 Å². The Morgan fingerprint density at radius 2 is 1.77 bits per heavy atom. The van der Waals surface area contributed by atoms with Crippen LogP contribution in [0.3, 0.4) is 0 Å². The third-order valence-electron chi connectivity index (χ3n) is 9.25. The average Bonchev–Trinajstić information content (AvgIpc) is 3.69. The summed E-state index contributed by atoms with van der Waals surface area (Å²) in [7, 11) is 0. The Morgan fingerprint density at radius 3 is 2.41 bits per heavy atom. The summed E-state index contributed by atoms with van der Waals surface area (Å²) in [6.45, 7) is 3.48. The SMILES string of the molecule is CC(C)(O)Cn1nnc2cc(-c3ccc(C(=O)N4C5CCC4CC(N)C5)cc3-c3ccc(C#N)c(F)c3)c(F)c(C3CC3)c21. The van der Waals surface area contributed by atoms with E-state index in [0.717, 1.165) is 38.5 Å². The first-order valence-electron chi connectivity index (χ1n) is 15.2. The summed E-state index contributed by atoms with van der Waals surface area (Å²) in [5.41, 5.74) is 8.71. The molecule has 3 fully saturated rings. The highest BCUT2D eigenvalue weighted by Gasteiger charge is 2.42. The standard InChI is InChI=1S/C34H34F2N6O2/c1-34(2,44)17-41-32-29(39-40-41)15-27(31(36)30(32)18-3-4-18)25-10-7-20(11-26(25)19-5-6-21(16-37)28(35)12-19)33(43)42-23-8-9-24(42)14-22(38)13-23/h5-7,10-12,15,18,22-24,44H,3-4,8-9,13-14,17,38H2,1-2H3. The molecule has 1 saturated carbocycles. The van der Waals surface area contributed by atoms with Crippen molar-refractivity contribution in [3.05, 3.63) is 70.8 Å². The fourth-order valence-electron chi connectivity index (χ4n) is 7.19. The second kappa shape index (κ2) is 10.5. The van der Waals surface area contributed by atoms with Crippen molar-refractivity contribution >= 4 is 16.9 Å². The van der Waals surface area contributed by atoms with Gasteiger partial charge in [0, 0.05) is 34.8 Å². The quantitative estimate of drug-likeness (QED) is 0.296. The molecule has 2 unspecified atom stereocenters. The number of fused-ring (bicyclic) bond motifs is 3. The molecule has 7 rings (SSSR count). The Balaban J connectivity index is 1.39. The first-order chi connectivity index (χ1) is 21.0. The van der Waals surface area contributed by atoms with E-state index in [-0.39, 0.29) is 47.6 Å². The molecule has 226 valence electrons. The van der Waals surface area contributed by atoms with Crippen LogP contribution in [0.4, 0.5) is 8.78 Å². The predicted molar refractivity (Wildman–Crippen MR) is 161 cm³/mol. The van der Waals surface area contributed by atoms with Crippen LogP contribution in [0.15, 0.2) is 42.5 Å². The van der Waals surface area contributed by atoms with Crippen LogP contribution in [0.25, 0.3) is 33.3 Å². The Bertz CT molecular complexity index is 1840. The number of nitriles is 1. The lowest BCUT2D eigenvalue weighted by Crippen LogP contribution is -2.50. The molecule has 2 atom stereocenters. The average molecular weight is 597 g/mol. The number of halogens is 2. The van der Waals surface area contributed by atoms with Gasteiger partial charge in [0.25, 0.3) is 5.91 Å².